The molecular formula is C20H25ClN2O2. The average Bonchev–Trinajstić information content (AvgIpc) is 3.13. The van der Waals surface area contributed by atoms with E-state index in [0.717, 1.165) is 37.4 Å². The van der Waals surface area contributed by atoms with Gasteiger partial charge in [0.15, 0.2) is 0 Å². The highest BCUT2D eigenvalue weighted by Gasteiger charge is 2.57. The fourth-order valence-corrected chi connectivity index (χ4v) is 5.47. The number of primary amides is 1. The van der Waals surface area contributed by atoms with Crippen molar-refractivity contribution in [2.45, 2.75) is 50.4 Å². The van der Waals surface area contributed by atoms with Crippen LogP contribution in [-0.2, 0) is 15.0 Å². The van der Waals surface area contributed by atoms with Crippen molar-refractivity contribution >= 4 is 23.4 Å². The molecule has 1 heterocycles. The van der Waals surface area contributed by atoms with Gasteiger partial charge in [0.25, 0.3) is 0 Å². The maximum absolute atomic E-state index is 13.1. The van der Waals surface area contributed by atoms with Crippen LogP contribution in [0.25, 0.3) is 0 Å². The van der Waals surface area contributed by atoms with Crippen LogP contribution in [0.1, 0.15) is 50.5 Å². The maximum atomic E-state index is 13.1. The number of amides is 2. The van der Waals surface area contributed by atoms with E-state index in [4.69, 9.17) is 17.3 Å². The summed E-state index contributed by atoms with van der Waals surface area (Å²) >= 11 is 6.23. The number of rotatable bonds is 4. The molecule has 25 heavy (non-hydrogen) atoms. The predicted molar refractivity (Wildman–Crippen MR) is 97.1 cm³/mol. The molecule has 2 saturated carbocycles. The summed E-state index contributed by atoms with van der Waals surface area (Å²) in [6.07, 6.45) is 6.75. The number of carbonyl (C=O) groups excluding carboxylic acids is 2. The minimum Gasteiger partial charge on any atom is -0.369 e. The van der Waals surface area contributed by atoms with Gasteiger partial charge >= 0.3 is 0 Å². The molecule has 1 aromatic rings. The summed E-state index contributed by atoms with van der Waals surface area (Å²) in [4.78, 5) is 26.4. The van der Waals surface area contributed by atoms with Crippen LogP contribution in [0.3, 0.4) is 0 Å². The van der Waals surface area contributed by atoms with Crippen molar-refractivity contribution in [3.63, 3.8) is 0 Å². The Bertz CT molecular complexity index is 705. The Kier molecular flexibility index (Phi) is 4.06. The summed E-state index contributed by atoms with van der Waals surface area (Å²) in [7, 11) is 0. The molecule has 0 bridgehead atoms. The predicted octanol–water partition coefficient (Wildman–Crippen LogP) is 3.27. The Morgan fingerprint density at radius 2 is 1.96 bits per heavy atom. The molecule has 0 atom stereocenters. The third-order valence-electron chi connectivity index (χ3n) is 6.77. The van der Waals surface area contributed by atoms with Crippen LogP contribution in [0.4, 0.5) is 0 Å². The van der Waals surface area contributed by atoms with Crippen LogP contribution in [-0.4, -0.2) is 29.8 Å². The number of hydrogen-bond donors (Lipinski definition) is 1. The highest BCUT2D eigenvalue weighted by atomic mass is 35.5. The largest absolute Gasteiger partial charge is 0.369 e. The Balaban J connectivity index is 1.53. The summed E-state index contributed by atoms with van der Waals surface area (Å²) in [5, 5.41) is 0.760. The molecule has 1 aliphatic heterocycles. The first kappa shape index (κ1) is 16.9. The van der Waals surface area contributed by atoms with Gasteiger partial charge in [0, 0.05) is 29.4 Å². The number of likely N-dealkylation sites (tertiary alicyclic amines) is 1. The molecule has 2 N–H and O–H groups in total. The quantitative estimate of drug-likeness (QED) is 0.895. The Morgan fingerprint density at radius 3 is 2.60 bits per heavy atom. The van der Waals surface area contributed by atoms with Gasteiger partial charge in [-0.05, 0) is 49.8 Å². The van der Waals surface area contributed by atoms with Crippen molar-refractivity contribution in [3.05, 3.63) is 34.9 Å². The van der Waals surface area contributed by atoms with E-state index in [0.29, 0.717) is 12.8 Å². The summed E-state index contributed by atoms with van der Waals surface area (Å²) in [5.74, 6) is -0.140. The summed E-state index contributed by atoms with van der Waals surface area (Å²) < 4.78 is 0. The van der Waals surface area contributed by atoms with E-state index in [9.17, 15) is 9.59 Å². The monoisotopic (exact) mass is 360 g/mol. The molecule has 1 saturated heterocycles. The standard InChI is InChI=1S/C20H25ClN2O2/c21-16-5-3-4-15(10-16)19(6-1-2-7-19)13-23-9-8-20(18(23)25)11-14(12-20)17(22)24/h3-5,10,14H,1-2,6-9,11-13H2,(H2,22,24). The second-order valence-corrected chi connectivity index (χ2v) is 8.70. The van der Waals surface area contributed by atoms with Gasteiger partial charge in [-0.3, -0.25) is 9.59 Å². The van der Waals surface area contributed by atoms with Crippen LogP contribution >= 0.6 is 11.6 Å². The Hall–Kier alpha value is -1.55. The molecule has 134 valence electrons. The van der Waals surface area contributed by atoms with Gasteiger partial charge in [-0.2, -0.15) is 0 Å². The van der Waals surface area contributed by atoms with Crippen LogP contribution in [0.2, 0.25) is 5.02 Å². The maximum Gasteiger partial charge on any atom is 0.228 e. The van der Waals surface area contributed by atoms with E-state index in [-0.39, 0.29) is 28.6 Å². The summed E-state index contributed by atoms with van der Waals surface area (Å²) in [6.45, 7) is 1.57. The molecule has 3 fully saturated rings. The van der Waals surface area contributed by atoms with E-state index >= 15 is 0 Å². The van der Waals surface area contributed by atoms with E-state index in [1.165, 1.54) is 18.4 Å². The molecular weight excluding hydrogens is 336 g/mol. The summed E-state index contributed by atoms with van der Waals surface area (Å²) in [6, 6.07) is 8.13. The number of hydrogen-bond acceptors (Lipinski definition) is 2. The number of benzene rings is 1. The first-order valence-electron chi connectivity index (χ1n) is 9.29. The zero-order valence-corrected chi connectivity index (χ0v) is 15.2. The summed E-state index contributed by atoms with van der Waals surface area (Å²) in [5.41, 5.74) is 6.37. The lowest BCUT2D eigenvalue weighted by molar-refractivity contribution is -0.147. The molecule has 1 aromatic carbocycles. The molecule has 4 rings (SSSR count). The Morgan fingerprint density at radius 1 is 1.24 bits per heavy atom. The van der Waals surface area contributed by atoms with E-state index < -0.39 is 0 Å². The van der Waals surface area contributed by atoms with E-state index in [2.05, 4.69) is 12.1 Å². The zero-order chi connectivity index (χ0) is 17.7. The zero-order valence-electron chi connectivity index (χ0n) is 14.5. The molecule has 0 radical (unpaired) electrons. The van der Waals surface area contributed by atoms with Crippen molar-refractivity contribution in [2.75, 3.05) is 13.1 Å². The molecule has 0 unspecified atom stereocenters. The van der Waals surface area contributed by atoms with Gasteiger partial charge in [-0.1, -0.05) is 36.6 Å². The minimum absolute atomic E-state index is 0.0267. The molecule has 2 amide bonds. The Labute approximate surface area is 153 Å². The average molecular weight is 361 g/mol. The van der Waals surface area contributed by atoms with E-state index in [1.54, 1.807) is 0 Å². The third-order valence-corrected chi connectivity index (χ3v) is 7.00. The van der Waals surface area contributed by atoms with Gasteiger partial charge in [0.05, 0.1) is 5.41 Å². The highest BCUT2D eigenvalue weighted by molar-refractivity contribution is 6.30. The van der Waals surface area contributed by atoms with E-state index in [1.807, 2.05) is 17.0 Å². The highest BCUT2D eigenvalue weighted by Crippen LogP contribution is 2.53. The molecule has 4 nitrogen and oxygen atoms in total. The van der Waals surface area contributed by atoms with Crippen LogP contribution in [0.15, 0.2) is 24.3 Å². The van der Waals surface area contributed by atoms with Crippen molar-refractivity contribution in [2.24, 2.45) is 17.1 Å². The topological polar surface area (TPSA) is 63.4 Å². The van der Waals surface area contributed by atoms with Crippen molar-refractivity contribution in [1.82, 2.24) is 4.90 Å². The fraction of sp³-hybridized carbons (Fsp3) is 0.600. The van der Waals surface area contributed by atoms with Crippen molar-refractivity contribution in [1.29, 1.82) is 0 Å². The SMILES string of the molecule is NC(=O)C1CC2(CCN(CC3(c4cccc(Cl)c4)CCCC3)C2=O)C1. The normalized spacial score (nSPS) is 30.7. The van der Waals surface area contributed by atoms with Gasteiger partial charge in [-0.15, -0.1) is 0 Å². The van der Waals surface area contributed by atoms with Gasteiger partial charge < -0.3 is 10.6 Å². The molecule has 3 aliphatic rings. The number of nitrogens with zero attached hydrogens (tertiary/aromatic N) is 1. The second kappa shape index (κ2) is 6.01. The van der Waals surface area contributed by atoms with Crippen molar-refractivity contribution in [3.8, 4) is 0 Å². The van der Waals surface area contributed by atoms with Crippen molar-refractivity contribution < 1.29 is 9.59 Å². The lowest BCUT2D eigenvalue weighted by atomic mass is 9.61. The molecule has 2 aliphatic carbocycles. The number of carbonyl (C=O) groups is 2. The lowest BCUT2D eigenvalue weighted by Gasteiger charge is -2.42. The van der Waals surface area contributed by atoms with Gasteiger partial charge in [0.1, 0.15) is 0 Å². The van der Waals surface area contributed by atoms with Crippen LogP contribution in [0, 0.1) is 11.3 Å². The molecule has 0 aromatic heterocycles. The third kappa shape index (κ3) is 2.75. The molecule has 5 heteroatoms. The fourth-order valence-electron chi connectivity index (χ4n) is 5.28. The van der Waals surface area contributed by atoms with Crippen LogP contribution < -0.4 is 5.73 Å². The lowest BCUT2D eigenvalue weighted by Crippen LogP contribution is -2.50. The van der Waals surface area contributed by atoms with Crippen LogP contribution in [0.5, 0.6) is 0 Å². The smallest absolute Gasteiger partial charge is 0.228 e. The van der Waals surface area contributed by atoms with Gasteiger partial charge in [-0.25, -0.2) is 0 Å². The molecule has 1 spiro atoms. The first-order valence-corrected chi connectivity index (χ1v) is 9.67. The number of halogens is 1. The minimum atomic E-state index is -0.312. The number of nitrogens with two attached hydrogens (primary N) is 1. The second-order valence-electron chi connectivity index (χ2n) is 8.26. The van der Waals surface area contributed by atoms with Gasteiger partial charge in [0.2, 0.25) is 11.8 Å². The first-order chi connectivity index (χ1) is 11.9.